The first-order chi connectivity index (χ1) is 5.00. The van der Waals surface area contributed by atoms with Crippen molar-refractivity contribution in [2.75, 3.05) is 13.2 Å². The lowest BCUT2D eigenvalue weighted by atomic mass is 10.8. The second-order valence-corrected chi connectivity index (χ2v) is 1.13. The summed E-state index contributed by atoms with van der Waals surface area (Å²) < 4.78 is 0. The van der Waals surface area contributed by atoms with Gasteiger partial charge < -0.3 is 25.9 Å². The SMILES string of the molecule is O=[N+]([O-])[O-].[NH3+]CCO[N+](=O)[O-]. The molecule has 0 saturated heterocycles. The van der Waals surface area contributed by atoms with Gasteiger partial charge in [0.25, 0.3) is 5.09 Å². The van der Waals surface area contributed by atoms with E-state index in [1.807, 2.05) is 0 Å². The fraction of sp³-hybridized carbons (Fsp3) is 1.00. The molecule has 0 saturated carbocycles. The first-order valence-electron chi connectivity index (χ1n) is 2.38. The minimum absolute atomic E-state index is 0.0903. The van der Waals surface area contributed by atoms with Crippen LogP contribution in [0.5, 0.6) is 0 Å². The van der Waals surface area contributed by atoms with Gasteiger partial charge in [-0.1, -0.05) is 0 Å². The molecule has 3 N–H and O–H groups in total. The van der Waals surface area contributed by atoms with Crippen LogP contribution in [-0.2, 0) is 4.84 Å². The predicted octanol–water partition coefficient (Wildman–Crippen LogP) is -1.80. The molecule has 0 aromatic carbocycles. The zero-order valence-corrected chi connectivity index (χ0v) is 5.47. The van der Waals surface area contributed by atoms with Crippen molar-refractivity contribution in [3.8, 4) is 0 Å². The molecule has 0 aliphatic heterocycles. The molecule has 9 nitrogen and oxygen atoms in total. The van der Waals surface area contributed by atoms with Crippen molar-refractivity contribution >= 4 is 0 Å². The summed E-state index contributed by atoms with van der Waals surface area (Å²) in [5, 5.41) is 23.2. The molecular weight excluding hydrogens is 162 g/mol. The van der Waals surface area contributed by atoms with E-state index in [2.05, 4.69) is 10.6 Å². The first kappa shape index (κ1) is 12.1. The maximum absolute atomic E-state index is 9.31. The number of rotatable bonds is 3. The van der Waals surface area contributed by atoms with E-state index in [1.54, 1.807) is 0 Å². The number of hydrogen-bond donors (Lipinski definition) is 1. The van der Waals surface area contributed by atoms with Gasteiger partial charge in [-0.3, -0.25) is 0 Å². The van der Waals surface area contributed by atoms with Gasteiger partial charge in [-0.25, -0.2) is 0 Å². The van der Waals surface area contributed by atoms with Crippen molar-refractivity contribution in [3.05, 3.63) is 25.4 Å². The normalized spacial score (nSPS) is 7.36. The van der Waals surface area contributed by atoms with E-state index in [4.69, 9.17) is 15.3 Å². The Labute approximate surface area is 60.6 Å². The van der Waals surface area contributed by atoms with Crippen LogP contribution >= 0.6 is 0 Å². The van der Waals surface area contributed by atoms with E-state index in [-0.39, 0.29) is 6.61 Å². The first-order valence-corrected chi connectivity index (χ1v) is 2.38. The summed E-state index contributed by atoms with van der Waals surface area (Å²) in [5.41, 5.74) is 3.33. The van der Waals surface area contributed by atoms with Gasteiger partial charge in [-0.2, -0.15) is 0 Å². The van der Waals surface area contributed by atoms with Crippen molar-refractivity contribution in [1.82, 2.24) is 0 Å². The Balaban J connectivity index is 0. The van der Waals surface area contributed by atoms with Gasteiger partial charge in [0.15, 0.2) is 0 Å². The van der Waals surface area contributed by atoms with Gasteiger partial charge in [-0.15, -0.1) is 10.1 Å². The van der Waals surface area contributed by atoms with Crippen molar-refractivity contribution < 1.29 is 20.7 Å². The molecule has 0 aromatic rings. The Bertz CT molecular complexity index is 121. The molecule has 9 heteroatoms. The van der Waals surface area contributed by atoms with Crippen LogP contribution in [-0.4, -0.2) is 23.3 Å². The summed E-state index contributed by atoms with van der Waals surface area (Å²) in [7, 11) is 0. The van der Waals surface area contributed by atoms with E-state index in [0.29, 0.717) is 6.54 Å². The lowest BCUT2D eigenvalue weighted by Crippen LogP contribution is -2.52. The third-order valence-electron chi connectivity index (χ3n) is 0.341. The molecule has 0 aromatic heterocycles. The monoisotopic (exact) mass is 169 g/mol. The summed E-state index contributed by atoms with van der Waals surface area (Å²) in [6, 6.07) is 0. The fourth-order valence-electron chi connectivity index (χ4n) is 0.139. The average molecular weight is 169 g/mol. The Morgan fingerprint density at radius 3 is 1.73 bits per heavy atom. The molecule has 66 valence electrons. The molecule has 0 fully saturated rings. The van der Waals surface area contributed by atoms with Gasteiger partial charge in [-0.05, 0) is 0 Å². The average Bonchev–Trinajstić information content (AvgIpc) is 1.82. The summed E-state index contributed by atoms with van der Waals surface area (Å²) in [4.78, 5) is 21.4. The highest BCUT2D eigenvalue weighted by Gasteiger charge is 1.89. The molecular formula is C2H7N3O6. The van der Waals surface area contributed by atoms with Gasteiger partial charge in [0, 0.05) is 0 Å². The third kappa shape index (κ3) is 60.7. The second kappa shape index (κ2) is 8.36. The third-order valence-corrected chi connectivity index (χ3v) is 0.341. The Hall–Kier alpha value is -1.64. The van der Waals surface area contributed by atoms with Crippen LogP contribution in [0.3, 0.4) is 0 Å². The zero-order valence-electron chi connectivity index (χ0n) is 5.47. The van der Waals surface area contributed by atoms with Crippen LogP contribution in [0.1, 0.15) is 0 Å². The van der Waals surface area contributed by atoms with Gasteiger partial charge in [0.2, 0.25) is 0 Å². The molecule has 0 unspecified atom stereocenters. The maximum Gasteiger partial charge on any atom is 0.294 e. The predicted molar refractivity (Wildman–Crippen MR) is 31.1 cm³/mol. The van der Waals surface area contributed by atoms with Crippen LogP contribution < -0.4 is 5.73 Å². The van der Waals surface area contributed by atoms with Crippen LogP contribution in [0.2, 0.25) is 0 Å². The molecule has 0 atom stereocenters. The summed E-state index contributed by atoms with van der Waals surface area (Å²) in [6.07, 6.45) is 0. The quantitative estimate of drug-likeness (QED) is 0.389. The molecule has 0 aliphatic carbocycles. The summed E-state index contributed by atoms with van der Waals surface area (Å²) in [5.74, 6) is 0. The van der Waals surface area contributed by atoms with Crippen molar-refractivity contribution in [2.45, 2.75) is 0 Å². The zero-order chi connectivity index (χ0) is 9.28. The van der Waals surface area contributed by atoms with Crippen LogP contribution in [0.25, 0.3) is 0 Å². The number of nitrogens with zero attached hydrogens (tertiary/aromatic N) is 2. The van der Waals surface area contributed by atoms with E-state index in [1.165, 1.54) is 0 Å². The van der Waals surface area contributed by atoms with Gasteiger partial charge in [0.1, 0.15) is 6.61 Å². The van der Waals surface area contributed by atoms with Crippen molar-refractivity contribution in [1.29, 1.82) is 0 Å². The van der Waals surface area contributed by atoms with E-state index in [9.17, 15) is 10.1 Å². The summed E-state index contributed by atoms with van der Waals surface area (Å²) in [6.45, 7) is 0.522. The Morgan fingerprint density at radius 1 is 1.27 bits per heavy atom. The molecule has 0 spiro atoms. The molecule has 0 radical (unpaired) electrons. The van der Waals surface area contributed by atoms with E-state index < -0.39 is 10.2 Å². The molecule has 0 bridgehead atoms. The topological polar surface area (TPSA) is 146 Å². The highest BCUT2D eigenvalue weighted by Crippen LogP contribution is 1.67. The molecule has 0 rings (SSSR count). The lowest BCUT2D eigenvalue weighted by Gasteiger charge is -1.87. The standard InChI is InChI=1S/C2H6N2O3.NO3/c3-1-2-7-4(5)6;2-1(3)4/h1-3H2;/q;-1/p+1. The Kier molecular flexibility index (Phi) is 9.18. The molecule has 0 amide bonds. The van der Waals surface area contributed by atoms with Gasteiger partial charge in [0.05, 0.1) is 11.6 Å². The minimum atomic E-state index is -1.75. The number of hydrogen-bond acceptors (Lipinski definition) is 6. The number of quaternary nitrogens is 1. The van der Waals surface area contributed by atoms with Crippen molar-refractivity contribution in [3.63, 3.8) is 0 Å². The maximum atomic E-state index is 9.31. The largest absolute Gasteiger partial charge is 0.356 e. The van der Waals surface area contributed by atoms with E-state index >= 15 is 0 Å². The summed E-state index contributed by atoms with van der Waals surface area (Å²) >= 11 is 0. The van der Waals surface area contributed by atoms with Crippen LogP contribution in [0.15, 0.2) is 0 Å². The molecule has 0 aliphatic rings. The second-order valence-electron chi connectivity index (χ2n) is 1.13. The van der Waals surface area contributed by atoms with Gasteiger partial charge >= 0.3 is 0 Å². The lowest BCUT2D eigenvalue weighted by molar-refractivity contribution is -0.761. The van der Waals surface area contributed by atoms with Crippen molar-refractivity contribution in [2.24, 2.45) is 0 Å². The highest BCUT2D eigenvalue weighted by atomic mass is 16.9. The van der Waals surface area contributed by atoms with E-state index in [0.717, 1.165) is 0 Å². The molecule has 0 heterocycles. The smallest absolute Gasteiger partial charge is 0.294 e. The highest BCUT2D eigenvalue weighted by molar-refractivity contribution is 4.09. The van der Waals surface area contributed by atoms with Crippen LogP contribution in [0.4, 0.5) is 0 Å². The molecule has 11 heavy (non-hydrogen) atoms. The minimum Gasteiger partial charge on any atom is -0.356 e. The van der Waals surface area contributed by atoms with Crippen LogP contribution in [0, 0.1) is 25.4 Å². The fourth-order valence-corrected chi connectivity index (χ4v) is 0.139. The Morgan fingerprint density at radius 2 is 1.64 bits per heavy atom.